The molecule has 0 aliphatic rings. The molecule has 4 nitrogen and oxygen atoms in total. The highest BCUT2D eigenvalue weighted by Gasteiger charge is 2.15. The molecule has 1 rings (SSSR count). The van der Waals surface area contributed by atoms with Crippen LogP contribution in [-0.2, 0) is 0 Å². The second-order valence-corrected chi connectivity index (χ2v) is 3.28. The summed E-state index contributed by atoms with van der Waals surface area (Å²) in [6, 6.07) is 4.56. The van der Waals surface area contributed by atoms with Gasteiger partial charge in [-0.15, -0.1) is 0 Å². The Hall–Kier alpha value is -1.96. The molecule has 16 heavy (non-hydrogen) atoms. The first-order valence-electron chi connectivity index (χ1n) is 4.97. The van der Waals surface area contributed by atoms with Crippen molar-refractivity contribution >= 4 is 5.91 Å². The molecular formula is C11H12FN3O. The minimum absolute atomic E-state index is 0.0983. The Bertz CT molecular complexity index is 414. The molecule has 5 heteroatoms. The molecule has 0 bridgehead atoms. The third-order valence-corrected chi connectivity index (χ3v) is 2.17. The van der Waals surface area contributed by atoms with Crippen LogP contribution in [0.4, 0.5) is 4.39 Å². The Morgan fingerprint density at radius 1 is 1.75 bits per heavy atom. The van der Waals surface area contributed by atoms with Crippen molar-refractivity contribution in [2.24, 2.45) is 0 Å². The number of hydrogen-bond acceptors (Lipinski definition) is 3. The molecule has 0 aliphatic carbocycles. The monoisotopic (exact) mass is 221 g/mol. The number of carbonyl (C=O) groups excluding carboxylic acids is 1. The van der Waals surface area contributed by atoms with Crippen LogP contribution in [0.3, 0.4) is 0 Å². The maximum absolute atomic E-state index is 13.1. The highest BCUT2D eigenvalue weighted by Crippen LogP contribution is 2.05. The second kappa shape index (κ2) is 5.81. The summed E-state index contributed by atoms with van der Waals surface area (Å²) in [5.41, 5.74) is -0.0983. The highest BCUT2D eigenvalue weighted by molar-refractivity contribution is 5.94. The number of amides is 1. The van der Waals surface area contributed by atoms with E-state index in [0.29, 0.717) is 6.42 Å². The Morgan fingerprint density at radius 3 is 3.06 bits per heavy atom. The van der Waals surface area contributed by atoms with E-state index < -0.39 is 11.9 Å². The van der Waals surface area contributed by atoms with Gasteiger partial charge in [0.15, 0.2) is 0 Å². The van der Waals surface area contributed by atoms with Crippen LogP contribution in [0.15, 0.2) is 18.3 Å². The summed E-state index contributed by atoms with van der Waals surface area (Å²) in [4.78, 5) is 15.0. The summed E-state index contributed by atoms with van der Waals surface area (Å²) < 4.78 is 13.1. The number of hydrogen-bond donors (Lipinski definition) is 1. The first-order chi connectivity index (χ1) is 7.69. The molecule has 0 saturated carbocycles. The second-order valence-electron chi connectivity index (χ2n) is 3.28. The fourth-order valence-corrected chi connectivity index (χ4v) is 1.23. The summed E-state index contributed by atoms with van der Waals surface area (Å²) in [5, 5.41) is 11.1. The highest BCUT2D eigenvalue weighted by atomic mass is 19.1. The first-order valence-corrected chi connectivity index (χ1v) is 4.97. The molecule has 0 saturated heterocycles. The summed E-state index contributed by atoms with van der Waals surface area (Å²) in [7, 11) is 0. The maximum atomic E-state index is 13.1. The molecule has 1 heterocycles. The fraction of sp³-hybridized carbons (Fsp3) is 0.364. The van der Waals surface area contributed by atoms with E-state index in [1.807, 2.05) is 13.0 Å². The molecule has 1 amide bonds. The molecule has 1 aromatic heterocycles. The number of halogens is 1. The van der Waals surface area contributed by atoms with Gasteiger partial charge in [-0.05, 0) is 18.6 Å². The van der Waals surface area contributed by atoms with E-state index in [9.17, 15) is 9.18 Å². The smallest absolute Gasteiger partial charge is 0.256 e. The van der Waals surface area contributed by atoms with Crippen molar-refractivity contribution in [3.8, 4) is 6.07 Å². The molecule has 84 valence electrons. The molecule has 0 fully saturated rings. The van der Waals surface area contributed by atoms with Crippen molar-refractivity contribution in [3.63, 3.8) is 0 Å². The number of nitrogens with zero attached hydrogens (tertiary/aromatic N) is 2. The zero-order chi connectivity index (χ0) is 12.0. The minimum atomic E-state index is -0.799. The number of rotatable bonds is 4. The lowest BCUT2D eigenvalue weighted by Crippen LogP contribution is -2.34. The summed E-state index contributed by atoms with van der Waals surface area (Å²) in [5.74, 6) is -1.33. The van der Waals surface area contributed by atoms with Gasteiger partial charge >= 0.3 is 0 Å². The maximum Gasteiger partial charge on any atom is 0.256 e. The third kappa shape index (κ3) is 3.02. The van der Waals surface area contributed by atoms with E-state index >= 15 is 0 Å². The average molecular weight is 221 g/mol. The number of nitrogens with one attached hydrogen (secondary N) is 1. The molecule has 1 aromatic rings. The van der Waals surface area contributed by atoms with Gasteiger partial charge in [0.1, 0.15) is 0 Å². The Kier molecular flexibility index (Phi) is 4.40. The van der Waals surface area contributed by atoms with Crippen molar-refractivity contribution in [2.45, 2.75) is 25.8 Å². The zero-order valence-electron chi connectivity index (χ0n) is 8.90. The normalized spacial score (nSPS) is 11.6. The van der Waals surface area contributed by atoms with Crippen LogP contribution >= 0.6 is 0 Å². The lowest BCUT2D eigenvalue weighted by molar-refractivity contribution is 0.0931. The number of carbonyl (C=O) groups is 1. The summed E-state index contributed by atoms with van der Waals surface area (Å²) in [6.07, 6.45) is 2.12. The van der Waals surface area contributed by atoms with Crippen molar-refractivity contribution < 1.29 is 9.18 Å². The molecular weight excluding hydrogens is 209 g/mol. The number of aromatic nitrogens is 1. The van der Waals surface area contributed by atoms with Gasteiger partial charge in [0.05, 0.1) is 18.1 Å². The van der Waals surface area contributed by atoms with Crippen LogP contribution < -0.4 is 5.32 Å². The van der Waals surface area contributed by atoms with Crippen LogP contribution in [0, 0.1) is 17.3 Å². The molecule has 0 radical (unpaired) electrons. The molecule has 0 aromatic carbocycles. The van der Waals surface area contributed by atoms with Gasteiger partial charge in [-0.2, -0.15) is 9.65 Å². The quantitative estimate of drug-likeness (QED) is 0.786. The van der Waals surface area contributed by atoms with E-state index in [-0.39, 0.29) is 18.0 Å². The third-order valence-electron chi connectivity index (χ3n) is 2.17. The topological polar surface area (TPSA) is 65.8 Å². The van der Waals surface area contributed by atoms with Crippen LogP contribution in [0.25, 0.3) is 0 Å². The Morgan fingerprint density at radius 2 is 2.50 bits per heavy atom. The SMILES string of the molecule is CCC(CC#N)NC(=O)c1cccnc1F. The predicted octanol–water partition coefficient (Wildman–Crippen LogP) is 1.64. The van der Waals surface area contributed by atoms with Gasteiger partial charge in [-0.1, -0.05) is 6.92 Å². The van der Waals surface area contributed by atoms with E-state index in [0.717, 1.165) is 0 Å². The van der Waals surface area contributed by atoms with Gasteiger partial charge in [-0.3, -0.25) is 4.79 Å². The van der Waals surface area contributed by atoms with E-state index in [1.54, 1.807) is 0 Å². The van der Waals surface area contributed by atoms with E-state index in [4.69, 9.17) is 5.26 Å². The van der Waals surface area contributed by atoms with Crippen LogP contribution in [0.2, 0.25) is 0 Å². The molecule has 0 spiro atoms. The van der Waals surface area contributed by atoms with Crippen LogP contribution in [0.1, 0.15) is 30.1 Å². The average Bonchev–Trinajstić information content (AvgIpc) is 2.28. The van der Waals surface area contributed by atoms with Gasteiger partial charge < -0.3 is 5.32 Å². The van der Waals surface area contributed by atoms with Gasteiger partial charge in [0.2, 0.25) is 5.95 Å². The largest absolute Gasteiger partial charge is 0.348 e. The molecule has 0 aliphatic heterocycles. The van der Waals surface area contributed by atoms with Gasteiger partial charge in [0, 0.05) is 12.2 Å². The standard InChI is InChI=1S/C11H12FN3O/c1-2-8(5-6-13)15-11(16)9-4-3-7-14-10(9)12/h3-4,7-8H,2,5H2,1H3,(H,15,16). The predicted molar refractivity (Wildman–Crippen MR) is 56.0 cm³/mol. The van der Waals surface area contributed by atoms with Gasteiger partial charge in [0.25, 0.3) is 5.91 Å². The summed E-state index contributed by atoms with van der Waals surface area (Å²) in [6.45, 7) is 1.85. The molecule has 1 N–H and O–H groups in total. The lowest BCUT2D eigenvalue weighted by atomic mass is 10.1. The Balaban J connectivity index is 2.73. The number of pyridine rings is 1. The van der Waals surface area contributed by atoms with Crippen molar-refractivity contribution in [1.82, 2.24) is 10.3 Å². The van der Waals surface area contributed by atoms with Crippen molar-refractivity contribution in [1.29, 1.82) is 5.26 Å². The first kappa shape index (κ1) is 12.1. The number of nitriles is 1. The zero-order valence-corrected chi connectivity index (χ0v) is 8.90. The molecule has 1 atom stereocenters. The Labute approximate surface area is 93.1 Å². The lowest BCUT2D eigenvalue weighted by Gasteiger charge is -2.13. The molecule has 1 unspecified atom stereocenters. The minimum Gasteiger partial charge on any atom is -0.348 e. The summed E-state index contributed by atoms with van der Waals surface area (Å²) >= 11 is 0. The van der Waals surface area contributed by atoms with E-state index in [1.165, 1.54) is 18.3 Å². The van der Waals surface area contributed by atoms with Crippen LogP contribution in [-0.4, -0.2) is 16.9 Å². The van der Waals surface area contributed by atoms with Crippen molar-refractivity contribution in [2.75, 3.05) is 0 Å². The van der Waals surface area contributed by atoms with E-state index in [2.05, 4.69) is 10.3 Å². The van der Waals surface area contributed by atoms with Crippen LogP contribution in [0.5, 0.6) is 0 Å². The fourth-order valence-electron chi connectivity index (χ4n) is 1.23. The van der Waals surface area contributed by atoms with Gasteiger partial charge in [-0.25, -0.2) is 4.98 Å². The van der Waals surface area contributed by atoms with Crippen molar-refractivity contribution in [3.05, 3.63) is 29.8 Å².